The van der Waals surface area contributed by atoms with Crippen LogP contribution in [-0.4, -0.2) is 33.4 Å². The normalized spacial score (nSPS) is 19.4. The summed E-state index contributed by atoms with van der Waals surface area (Å²) < 4.78 is 45.0. The molecule has 1 N–H and O–H groups in total. The van der Waals surface area contributed by atoms with Crippen molar-refractivity contribution in [1.29, 1.82) is 0 Å². The molecule has 0 saturated carbocycles. The Morgan fingerprint density at radius 3 is 2.70 bits per heavy atom. The number of alkyl halides is 3. The molecule has 0 bridgehead atoms. The van der Waals surface area contributed by atoms with Gasteiger partial charge in [0.25, 0.3) is 0 Å². The molecule has 1 aliphatic rings. The van der Waals surface area contributed by atoms with Crippen molar-refractivity contribution in [3.63, 3.8) is 0 Å². The third-order valence-corrected chi connectivity index (χ3v) is 3.58. The highest BCUT2D eigenvalue weighted by molar-refractivity contribution is 5.56. The predicted molar refractivity (Wildman–Crippen MR) is 71.8 cm³/mol. The molecule has 6 heteroatoms. The van der Waals surface area contributed by atoms with E-state index < -0.39 is 11.7 Å². The van der Waals surface area contributed by atoms with Crippen LogP contribution in [0, 0.1) is 0 Å². The maximum Gasteiger partial charge on any atom is 0.418 e. The van der Waals surface area contributed by atoms with E-state index in [1.165, 1.54) is 6.07 Å². The molecular weight excluding hydrogens is 269 g/mol. The van der Waals surface area contributed by atoms with Gasteiger partial charge in [0.2, 0.25) is 0 Å². The summed E-state index contributed by atoms with van der Waals surface area (Å²) in [7, 11) is 3.41. The van der Waals surface area contributed by atoms with E-state index in [9.17, 15) is 13.2 Å². The molecule has 1 aliphatic heterocycles. The summed E-state index contributed by atoms with van der Waals surface area (Å²) in [5.41, 5.74) is 0.257. The van der Waals surface area contributed by atoms with Gasteiger partial charge in [0.05, 0.1) is 18.2 Å². The molecule has 0 aromatic heterocycles. The van der Waals surface area contributed by atoms with Gasteiger partial charge < -0.3 is 15.0 Å². The molecule has 0 aliphatic carbocycles. The van der Waals surface area contributed by atoms with Crippen LogP contribution < -0.4 is 10.2 Å². The van der Waals surface area contributed by atoms with E-state index in [4.69, 9.17) is 4.74 Å². The van der Waals surface area contributed by atoms with E-state index >= 15 is 0 Å². The van der Waals surface area contributed by atoms with Gasteiger partial charge in [0.1, 0.15) is 0 Å². The first-order chi connectivity index (χ1) is 9.43. The summed E-state index contributed by atoms with van der Waals surface area (Å²) in [6.45, 7) is 1.50. The number of hydrogen-bond donors (Lipinski definition) is 1. The average Bonchev–Trinajstić information content (AvgIpc) is 2.91. The van der Waals surface area contributed by atoms with Gasteiger partial charge >= 0.3 is 6.18 Å². The van der Waals surface area contributed by atoms with Crippen molar-refractivity contribution in [3.05, 3.63) is 29.3 Å². The summed E-state index contributed by atoms with van der Waals surface area (Å²) in [6, 6.07) is 4.51. The summed E-state index contributed by atoms with van der Waals surface area (Å²) in [4.78, 5) is 1.68. The SMILES string of the molecule is CNCc1ccc(N(C)C2CCOC2)c(C(F)(F)F)c1. The lowest BCUT2D eigenvalue weighted by Gasteiger charge is -2.28. The van der Waals surface area contributed by atoms with Gasteiger partial charge in [-0.2, -0.15) is 13.2 Å². The Morgan fingerprint density at radius 2 is 2.15 bits per heavy atom. The van der Waals surface area contributed by atoms with Crippen LogP contribution in [0.2, 0.25) is 0 Å². The standard InChI is InChI=1S/C14H19F3N2O/c1-18-8-10-3-4-13(12(7-10)14(15,16)17)19(2)11-5-6-20-9-11/h3-4,7,11,18H,5-6,8-9H2,1-2H3. The van der Waals surface area contributed by atoms with Gasteiger partial charge in [-0.05, 0) is 31.2 Å². The second-order valence-corrected chi connectivity index (χ2v) is 5.01. The number of nitrogens with one attached hydrogen (secondary N) is 1. The van der Waals surface area contributed by atoms with Crippen LogP contribution >= 0.6 is 0 Å². The molecule has 1 atom stereocenters. The zero-order chi connectivity index (χ0) is 14.8. The highest BCUT2D eigenvalue weighted by Crippen LogP contribution is 2.38. The van der Waals surface area contributed by atoms with Gasteiger partial charge in [0, 0.05) is 25.9 Å². The van der Waals surface area contributed by atoms with Crippen LogP contribution in [0.25, 0.3) is 0 Å². The first kappa shape index (κ1) is 15.1. The predicted octanol–water partition coefficient (Wildman–Crippen LogP) is 2.65. The van der Waals surface area contributed by atoms with Crippen molar-refractivity contribution in [2.75, 3.05) is 32.2 Å². The van der Waals surface area contributed by atoms with E-state index in [1.54, 1.807) is 31.1 Å². The van der Waals surface area contributed by atoms with Crippen molar-refractivity contribution in [3.8, 4) is 0 Å². The maximum atomic E-state index is 13.2. The smallest absolute Gasteiger partial charge is 0.379 e. The van der Waals surface area contributed by atoms with Crippen LogP contribution in [0.4, 0.5) is 18.9 Å². The molecule has 1 saturated heterocycles. The number of likely N-dealkylation sites (N-methyl/N-ethyl adjacent to an activating group) is 1. The van der Waals surface area contributed by atoms with Crippen molar-refractivity contribution >= 4 is 5.69 Å². The third-order valence-electron chi connectivity index (χ3n) is 3.58. The van der Waals surface area contributed by atoms with E-state index in [0.717, 1.165) is 6.42 Å². The van der Waals surface area contributed by atoms with Gasteiger partial charge in [-0.1, -0.05) is 6.07 Å². The number of halogens is 3. The minimum absolute atomic E-state index is 0.00579. The topological polar surface area (TPSA) is 24.5 Å². The molecule has 20 heavy (non-hydrogen) atoms. The summed E-state index contributed by atoms with van der Waals surface area (Å²) in [5.74, 6) is 0. The fraction of sp³-hybridized carbons (Fsp3) is 0.571. The lowest BCUT2D eigenvalue weighted by atomic mass is 10.1. The van der Waals surface area contributed by atoms with Crippen LogP contribution in [0.3, 0.4) is 0 Å². The van der Waals surface area contributed by atoms with Gasteiger partial charge in [-0.3, -0.25) is 0 Å². The zero-order valence-corrected chi connectivity index (χ0v) is 11.6. The number of anilines is 1. The molecule has 1 aromatic rings. The summed E-state index contributed by atoms with van der Waals surface area (Å²) in [5, 5.41) is 2.87. The Kier molecular flexibility index (Phi) is 4.55. The maximum absolute atomic E-state index is 13.2. The number of benzene rings is 1. The fourth-order valence-electron chi connectivity index (χ4n) is 2.46. The first-order valence-electron chi connectivity index (χ1n) is 6.58. The van der Waals surface area contributed by atoms with Gasteiger partial charge in [0.15, 0.2) is 0 Å². The van der Waals surface area contributed by atoms with Gasteiger partial charge in [-0.15, -0.1) is 0 Å². The average molecular weight is 288 g/mol. The number of ether oxygens (including phenoxy) is 1. The Bertz CT molecular complexity index is 456. The molecule has 112 valence electrons. The lowest BCUT2D eigenvalue weighted by Crippen LogP contribution is -2.33. The second-order valence-electron chi connectivity index (χ2n) is 5.01. The fourth-order valence-corrected chi connectivity index (χ4v) is 2.46. The molecule has 2 rings (SSSR count). The molecule has 0 radical (unpaired) electrons. The molecule has 1 fully saturated rings. The van der Waals surface area contributed by atoms with E-state index in [2.05, 4.69) is 5.32 Å². The Morgan fingerprint density at radius 1 is 1.40 bits per heavy atom. The molecule has 0 spiro atoms. The first-order valence-corrected chi connectivity index (χ1v) is 6.58. The van der Waals surface area contributed by atoms with Crippen molar-refractivity contribution in [1.82, 2.24) is 5.32 Å². The van der Waals surface area contributed by atoms with Crippen LogP contribution in [-0.2, 0) is 17.5 Å². The Hall–Kier alpha value is -1.27. The van der Waals surface area contributed by atoms with Gasteiger partial charge in [-0.25, -0.2) is 0 Å². The number of hydrogen-bond acceptors (Lipinski definition) is 3. The zero-order valence-electron chi connectivity index (χ0n) is 11.6. The molecule has 3 nitrogen and oxygen atoms in total. The van der Waals surface area contributed by atoms with Crippen molar-refractivity contribution < 1.29 is 17.9 Å². The molecule has 1 aromatic carbocycles. The minimum atomic E-state index is -4.35. The van der Waals surface area contributed by atoms with E-state index in [0.29, 0.717) is 25.3 Å². The lowest BCUT2D eigenvalue weighted by molar-refractivity contribution is -0.137. The molecule has 1 heterocycles. The van der Waals surface area contributed by atoms with Crippen LogP contribution in [0.5, 0.6) is 0 Å². The molecular formula is C14H19F3N2O. The largest absolute Gasteiger partial charge is 0.418 e. The molecule has 0 amide bonds. The number of nitrogens with zero attached hydrogens (tertiary/aromatic N) is 1. The summed E-state index contributed by atoms with van der Waals surface area (Å²) in [6.07, 6.45) is -3.60. The third kappa shape index (κ3) is 3.24. The highest BCUT2D eigenvalue weighted by Gasteiger charge is 2.36. The van der Waals surface area contributed by atoms with E-state index in [-0.39, 0.29) is 11.7 Å². The van der Waals surface area contributed by atoms with Crippen molar-refractivity contribution in [2.45, 2.75) is 25.2 Å². The van der Waals surface area contributed by atoms with Crippen LogP contribution in [0.15, 0.2) is 18.2 Å². The quantitative estimate of drug-likeness (QED) is 0.922. The Labute approximate surface area is 116 Å². The second kappa shape index (κ2) is 6.01. The highest BCUT2D eigenvalue weighted by atomic mass is 19.4. The Balaban J connectivity index is 2.35. The minimum Gasteiger partial charge on any atom is -0.379 e. The van der Waals surface area contributed by atoms with Crippen molar-refractivity contribution in [2.24, 2.45) is 0 Å². The monoisotopic (exact) mass is 288 g/mol. The summed E-state index contributed by atoms with van der Waals surface area (Å²) >= 11 is 0. The van der Waals surface area contributed by atoms with Crippen LogP contribution in [0.1, 0.15) is 17.5 Å². The van der Waals surface area contributed by atoms with E-state index in [1.807, 2.05) is 0 Å². The molecule has 1 unspecified atom stereocenters. The number of rotatable bonds is 4.